The zero-order valence-corrected chi connectivity index (χ0v) is 20.1. The normalized spacial score (nSPS) is 13.8. The Morgan fingerprint density at radius 2 is 1.05 bits per heavy atom. The van der Waals surface area contributed by atoms with Crippen molar-refractivity contribution in [1.29, 1.82) is 0 Å². The molecule has 0 saturated heterocycles. The van der Waals surface area contributed by atoms with Crippen molar-refractivity contribution < 1.29 is 19.1 Å². The highest BCUT2D eigenvalue weighted by Gasteiger charge is 2.42. The van der Waals surface area contributed by atoms with E-state index in [1.807, 2.05) is 84.9 Å². The fraction of sp³-hybridized carbons (Fsp3) is 0.0938. The lowest BCUT2D eigenvalue weighted by molar-refractivity contribution is -0.151. The van der Waals surface area contributed by atoms with E-state index in [0.717, 1.165) is 37.6 Å². The number of nitrogens with zero attached hydrogens (tertiary/aromatic N) is 1. The molecule has 1 atom stereocenters. The molecule has 180 valence electrons. The lowest BCUT2D eigenvalue weighted by Gasteiger charge is -2.26. The number of carbonyl (C=O) groups is 3. The average molecular weight is 486 g/mol. The third-order valence-electron chi connectivity index (χ3n) is 7.00. The van der Waals surface area contributed by atoms with Gasteiger partial charge in [0.05, 0.1) is 11.1 Å². The Hall–Kier alpha value is -4.77. The molecular weight excluding hydrogens is 462 g/mol. The molecule has 5 heteroatoms. The van der Waals surface area contributed by atoms with E-state index in [-0.39, 0.29) is 0 Å². The molecule has 0 bridgehead atoms. The monoisotopic (exact) mass is 485 g/mol. The molecule has 0 unspecified atom stereocenters. The molecule has 0 aromatic heterocycles. The van der Waals surface area contributed by atoms with Gasteiger partial charge < -0.3 is 4.74 Å². The van der Waals surface area contributed by atoms with Gasteiger partial charge in [-0.05, 0) is 40.6 Å². The molecule has 0 aliphatic carbocycles. The lowest BCUT2D eigenvalue weighted by atomic mass is 9.92. The number of carbonyl (C=O) groups excluding carboxylic acids is 3. The van der Waals surface area contributed by atoms with Gasteiger partial charge in [-0.3, -0.25) is 14.5 Å². The molecule has 2 amide bonds. The summed E-state index contributed by atoms with van der Waals surface area (Å²) >= 11 is 0. The quantitative estimate of drug-likeness (QED) is 0.216. The van der Waals surface area contributed by atoms with E-state index in [2.05, 4.69) is 0 Å². The minimum absolute atomic E-state index is 0.298. The predicted molar refractivity (Wildman–Crippen MR) is 142 cm³/mol. The second kappa shape index (κ2) is 9.03. The smallest absolute Gasteiger partial charge is 0.330 e. The molecule has 1 heterocycles. The Morgan fingerprint density at radius 3 is 1.57 bits per heavy atom. The molecule has 0 spiro atoms. The van der Waals surface area contributed by atoms with Crippen LogP contribution in [0, 0.1) is 0 Å². The van der Waals surface area contributed by atoms with Crippen LogP contribution in [0.5, 0.6) is 0 Å². The Balaban J connectivity index is 1.43. The summed E-state index contributed by atoms with van der Waals surface area (Å²) in [6, 6.07) is 33.2. The first-order chi connectivity index (χ1) is 18.0. The molecule has 5 nitrogen and oxygen atoms in total. The summed E-state index contributed by atoms with van der Waals surface area (Å²) in [4.78, 5) is 40.7. The summed E-state index contributed by atoms with van der Waals surface area (Å²) in [5.74, 6) is -1.63. The Labute approximate surface area is 213 Å². The Bertz CT molecular complexity index is 1580. The fourth-order valence-corrected chi connectivity index (χ4v) is 5.13. The van der Waals surface area contributed by atoms with Crippen LogP contribution in [0.1, 0.15) is 44.9 Å². The summed E-state index contributed by atoms with van der Waals surface area (Å²) in [5.41, 5.74) is 2.26. The molecule has 5 aromatic carbocycles. The molecule has 5 aromatic rings. The number of hydrogen-bond donors (Lipinski definition) is 0. The number of hydrogen-bond acceptors (Lipinski definition) is 4. The summed E-state index contributed by atoms with van der Waals surface area (Å²) in [5, 5.41) is 3.97. The van der Waals surface area contributed by atoms with Gasteiger partial charge in [0, 0.05) is 11.1 Å². The van der Waals surface area contributed by atoms with E-state index in [0.29, 0.717) is 11.1 Å². The number of imide groups is 1. The third kappa shape index (κ3) is 3.76. The van der Waals surface area contributed by atoms with Crippen LogP contribution in [0.4, 0.5) is 0 Å². The first kappa shape index (κ1) is 22.7. The number of amides is 2. The molecule has 1 aliphatic rings. The van der Waals surface area contributed by atoms with Gasteiger partial charge in [0.25, 0.3) is 11.8 Å². The van der Waals surface area contributed by atoms with Gasteiger partial charge >= 0.3 is 5.97 Å². The SMILES string of the molecule is C[C@@H](C(=O)OC(c1cccc2ccccc12)c1cccc2ccccc12)N1C(=O)c2ccccc2C1=O. The van der Waals surface area contributed by atoms with Crippen LogP contribution in [0.3, 0.4) is 0 Å². The fourth-order valence-electron chi connectivity index (χ4n) is 5.13. The molecular formula is C32H23NO4. The Morgan fingerprint density at radius 1 is 0.622 bits per heavy atom. The maximum atomic E-state index is 13.6. The number of rotatable bonds is 5. The molecule has 0 saturated carbocycles. The van der Waals surface area contributed by atoms with Gasteiger partial charge in [-0.2, -0.15) is 0 Å². The lowest BCUT2D eigenvalue weighted by Crippen LogP contribution is -2.44. The van der Waals surface area contributed by atoms with Crippen LogP contribution >= 0.6 is 0 Å². The molecule has 0 fully saturated rings. The molecule has 37 heavy (non-hydrogen) atoms. The van der Waals surface area contributed by atoms with Crippen molar-refractivity contribution in [1.82, 2.24) is 4.90 Å². The minimum atomic E-state index is -1.10. The van der Waals surface area contributed by atoms with Gasteiger partial charge in [-0.15, -0.1) is 0 Å². The van der Waals surface area contributed by atoms with Crippen LogP contribution in [-0.4, -0.2) is 28.7 Å². The summed E-state index contributed by atoms with van der Waals surface area (Å²) in [6.45, 7) is 1.53. The molecule has 0 N–H and O–H groups in total. The van der Waals surface area contributed by atoms with Crippen LogP contribution in [-0.2, 0) is 9.53 Å². The molecule has 6 rings (SSSR count). The van der Waals surface area contributed by atoms with Gasteiger partial charge in [-0.1, -0.05) is 97.1 Å². The molecule has 0 radical (unpaired) electrons. The first-order valence-electron chi connectivity index (χ1n) is 12.2. The first-order valence-corrected chi connectivity index (χ1v) is 12.2. The number of fused-ring (bicyclic) bond motifs is 3. The second-order valence-corrected chi connectivity index (χ2v) is 9.16. The van der Waals surface area contributed by atoms with E-state index in [1.165, 1.54) is 6.92 Å². The number of ether oxygens (including phenoxy) is 1. The topological polar surface area (TPSA) is 63.7 Å². The van der Waals surface area contributed by atoms with Crippen molar-refractivity contribution in [2.24, 2.45) is 0 Å². The zero-order valence-electron chi connectivity index (χ0n) is 20.1. The second-order valence-electron chi connectivity index (χ2n) is 9.16. The summed E-state index contributed by atoms with van der Waals surface area (Å²) < 4.78 is 6.22. The maximum absolute atomic E-state index is 13.6. The van der Waals surface area contributed by atoms with Crippen LogP contribution in [0.2, 0.25) is 0 Å². The van der Waals surface area contributed by atoms with Crippen LogP contribution in [0.25, 0.3) is 21.5 Å². The zero-order chi connectivity index (χ0) is 25.5. The van der Waals surface area contributed by atoms with Gasteiger partial charge in [0.15, 0.2) is 6.10 Å². The minimum Gasteiger partial charge on any atom is -0.451 e. The average Bonchev–Trinajstić information content (AvgIpc) is 3.20. The predicted octanol–water partition coefficient (Wildman–Crippen LogP) is 6.31. The van der Waals surface area contributed by atoms with E-state index < -0.39 is 29.9 Å². The number of benzene rings is 5. The van der Waals surface area contributed by atoms with Crippen molar-refractivity contribution in [3.05, 3.63) is 131 Å². The van der Waals surface area contributed by atoms with E-state index >= 15 is 0 Å². The van der Waals surface area contributed by atoms with Gasteiger partial charge in [0.2, 0.25) is 0 Å². The molecule has 1 aliphatic heterocycles. The largest absolute Gasteiger partial charge is 0.451 e. The van der Waals surface area contributed by atoms with Crippen molar-refractivity contribution in [3.8, 4) is 0 Å². The van der Waals surface area contributed by atoms with E-state index in [9.17, 15) is 14.4 Å². The number of esters is 1. The van der Waals surface area contributed by atoms with Crippen molar-refractivity contribution in [2.75, 3.05) is 0 Å². The van der Waals surface area contributed by atoms with Crippen molar-refractivity contribution in [3.63, 3.8) is 0 Å². The summed E-state index contributed by atoms with van der Waals surface area (Å²) in [6.07, 6.45) is -0.748. The van der Waals surface area contributed by atoms with E-state index in [1.54, 1.807) is 24.3 Å². The van der Waals surface area contributed by atoms with E-state index in [4.69, 9.17) is 4.74 Å². The summed E-state index contributed by atoms with van der Waals surface area (Å²) in [7, 11) is 0. The van der Waals surface area contributed by atoms with Gasteiger partial charge in [0.1, 0.15) is 6.04 Å². The third-order valence-corrected chi connectivity index (χ3v) is 7.00. The van der Waals surface area contributed by atoms with Crippen LogP contribution in [0.15, 0.2) is 109 Å². The van der Waals surface area contributed by atoms with Gasteiger partial charge in [-0.25, -0.2) is 4.79 Å². The van der Waals surface area contributed by atoms with Crippen LogP contribution < -0.4 is 0 Å². The highest BCUT2D eigenvalue weighted by atomic mass is 16.5. The van der Waals surface area contributed by atoms with Crippen molar-refractivity contribution >= 4 is 39.3 Å². The highest BCUT2D eigenvalue weighted by Crippen LogP contribution is 2.36. The van der Waals surface area contributed by atoms with Crippen molar-refractivity contribution in [2.45, 2.75) is 19.1 Å². The highest BCUT2D eigenvalue weighted by molar-refractivity contribution is 6.22. The maximum Gasteiger partial charge on any atom is 0.330 e. The standard InChI is InChI=1S/C32H23NO4/c1-20(33-30(34)27-16-6-7-17-28(27)31(33)35)32(36)37-29(25-18-8-12-21-10-2-4-14-23(21)25)26-19-9-13-22-11-3-5-15-24(22)26/h2-20,29H,1H3/t20-/m0/s1. The Kier molecular flexibility index (Phi) is 5.53.